The highest BCUT2D eigenvalue weighted by molar-refractivity contribution is 6.33. The molecular formula is C11H8ClNO. The number of pyridine rings is 1. The monoisotopic (exact) mass is 205 g/mol. The van der Waals surface area contributed by atoms with Crippen molar-refractivity contribution in [3.05, 3.63) is 58.0 Å². The van der Waals surface area contributed by atoms with Crippen molar-refractivity contribution >= 4 is 11.6 Å². The molecule has 14 heavy (non-hydrogen) atoms. The van der Waals surface area contributed by atoms with E-state index in [-0.39, 0.29) is 5.56 Å². The third kappa shape index (κ3) is 1.56. The molecule has 0 saturated carbocycles. The molecule has 0 saturated heterocycles. The lowest BCUT2D eigenvalue weighted by atomic mass is 10.1. The van der Waals surface area contributed by atoms with Crippen molar-refractivity contribution in [2.24, 2.45) is 0 Å². The first-order valence-corrected chi connectivity index (χ1v) is 4.59. The van der Waals surface area contributed by atoms with Crippen LogP contribution in [-0.2, 0) is 0 Å². The number of halogens is 1. The number of H-pyrrole nitrogens is 1. The number of nitrogens with one attached hydrogen (secondary N) is 1. The molecule has 0 aliphatic carbocycles. The Morgan fingerprint density at radius 1 is 1.07 bits per heavy atom. The second-order valence-electron chi connectivity index (χ2n) is 2.90. The summed E-state index contributed by atoms with van der Waals surface area (Å²) in [6.45, 7) is 0. The van der Waals surface area contributed by atoms with Crippen molar-refractivity contribution in [2.45, 2.75) is 0 Å². The van der Waals surface area contributed by atoms with Gasteiger partial charge in [0.2, 0.25) is 0 Å². The SMILES string of the molecule is O=c1[nH]ccc(Cl)c1-c1ccccc1. The van der Waals surface area contributed by atoms with Gasteiger partial charge < -0.3 is 4.98 Å². The van der Waals surface area contributed by atoms with E-state index < -0.39 is 0 Å². The van der Waals surface area contributed by atoms with Gasteiger partial charge in [0.15, 0.2) is 0 Å². The highest BCUT2D eigenvalue weighted by Crippen LogP contribution is 2.22. The maximum Gasteiger partial charge on any atom is 0.257 e. The molecule has 1 heterocycles. The Balaban J connectivity index is 2.69. The molecule has 1 aromatic heterocycles. The zero-order valence-corrected chi connectivity index (χ0v) is 8.08. The fraction of sp³-hybridized carbons (Fsp3) is 0. The van der Waals surface area contributed by atoms with Gasteiger partial charge in [0.05, 0.1) is 10.6 Å². The Morgan fingerprint density at radius 3 is 2.43 bits per heavy atom. The van der Waals surface area contributed by atoms with Gasteiger partial charge in [0.1, 0.15) is 0 Å². The first-order chi connectivity index (χ1) is 6.79. The molecular weight excluding hydrogens is 198 g/mol. The van der Waals surface area contributed by atoms with Crippen LogP contribution in [0.1, 0.15) is 0 Å². The molecule has 2 nitrogen and oxygen atoms in total. The predicted octanol–water partition coefficient (Wildman–Crippen LogP) is 2.70. The van der Waals surface area contributed by atoms with Crippen LogP contribution in [0.2, 0.25) is 5.02 Å². The fourth-order valence-electron chi connectivity index (χ4n) is 1.33. The van der Waals surface area contributed by atoms with Crippen LogP contribution in [0.4, 0.5) is 0 Å². The quantitative estimate of drug-likeness (QED) is 0.763. The highest BCUT2D eigenvalue weighted by atomic mass is 35.5. The lowest BCUT2D eigenvalue weighted by Gasteiger charge is -2.01. The Hall–Kier alpha value is -1.54. The molecule has 0 fully saturated rings. The number of aromatic amines is 1. The van der Waals surface area contributed by atoms with E-state index in [4.69, 9.17) is 11.6 Å². The van der Waals surface area contributed by atoms with Crippen molar-refractivity contribution in [2.75, 3.05) is 0 Å². The minimum atomic E-state index is -0.163. The number of rotatable bonds is 1. The summed E-state index contributed by atoms with van der Waals surface area (Å²) in [5, 5.41) is 0.472. The van der Waals surface area contributed by atoms with Crippen molar-refractivity contribution in [3.8, 4) is 11.1 Å². The fourth-order valence-corrected chi connectivity index (χ4v) is 1.59. The van der Waals surface area contributed by atoms with Gasteiger partial charge in [0, 0.05) is 6.20 Å². The third-order valence-electron chi connectivity index (χ3n) is 1.97. The first kappa shape index (κ1) is 9.03. The van der Waals surface area contributed by atoms with Crippen LogP contribution >= 0.6 is 11.6 Å². The number of benzene rings is 1. The van der Waals surface area contributed by atoms with Gasteiger partial charge in [-0.3, -0.25) is 4.79 Å². The Bertz CT molecular complexity index is 490. The Labute approximate surface area is 86.2 Å². The molecule has 0 spiro atoms. The van der Waals surface area contributed by atoms with Crippen LogP contribution in [0.5, 0.6) is 0 Å². The average molecular weight is 206 g/mol. The van der Waals surface area contributed by atoms with Gasteiger partial charge in [-0.05, 0) is 11.6 Å². The van der Waals surface area contributed by atoms with Crippen LogP contribution in [-0.4, -0.2) is 4.98 Å². The molecule has 2 rings (SSSR count). The Kier molecular flexibility index (Phi) is 2.37. The predicted molar refractivity (Wildman–Crippen MR) is 57.5 cm³/mol. The molecule has 1 aromatic carbocycles. The number of hydrogen-bond acceptors (Lipinski definition) is 1. The van der Waals surface area contributed by atoms with E-state index in [1.807, 2.05) is 30.3 Å². The van der Waals surface area contributed by atoms with E-state index in [2.05, 4.69) is 4.98 Å². The third-order valence-corrected chi connectivity index (χ3v) is 2.29. The smallest absolute Gasteiger partial charge is 0.257 e. The van der Waals surface area contributed by atoms with Crippen LogP contribution in [0.25, 0.3) is 11.1 Å². The summed E-state index contributed by atoms with van der Waals surface area (Å²) in [6, 6.07) is 11.0. The van der Waals surface area contributed by atoms with Crippen LogP contribution in [0.3, 0.4) is 0 Å². The van der Waals surface area contributed by atoms with E-state index in [1.165, 1.54) is 6.20 Å². The molecule has 3 heteroatoms. The number of hydrogen-bond donors (Lipinski definition) is 1. The molecule has 2 aromatic rings. The van der Waals surface area contributed by atoms with Crippen LogP contribution < -0.4 is 5.56 Å². The Morgan fingerprint density at radius 2 is 1.79 bits per heavy atom. The van der Waals surface area contributed by atoms with Gasteiger partial charge in [-0.25, -0.2) is 0 Å². The zero-order chi connectivity index (χ0) is 9.97. The van der Waals surface area contributed by atoms with E-state index in [9.17, 15) is 4.79 Å². The van der Waals surface area contributed by atoms with E-state index in [0.717, 1.165) is 5.56 Å². The second kappa shape index (κ2) is 3.68. The standard InChI is InChI=1S/C11H8ClNO/c12-9-6-7-13-11(14)10(9)8-4-2-1-3-5-8/h1-7H,(H,13,14). The van der Waals surface area contributed by atoms with E-state index in [1.54, 1.807) is 6.07 Å². The molecule has 0 bridgehead atoms. The van der Waals surface area contributed by atoms with Crippen molar-refractivity contribution in [1.29, 1.82) is 0 Å². The summed E-state index contributed by atoms with van der Waals surface area (Å²) >= 11 is 5.94. The molecule has 0 atom stereocenters. The zero-order valence-electron chi connectivity index (χ0n) is 7.33. The van der Waals surface area contributed by atoms with Crippen LogP contribution in [0.15, 0.2) is 47.4 Å². The molecule has 0 aliphatic heterocycles. The van der Waals surface area contributed by atoms with Gasteiger partial charge in [-0.15, -0.1) is 0 Å². The topological polar surface area (TPSA) is 32.9 Å². The highest BCUT2D eigenvalue weighted by Gasteiger charge is 2.06. The average Bonchev–Trinajstić information content (AvgIpc) is 2.19. The molecule has 0 amide bonds. The number of aromatic nitrogens is 1. The minimum absolute atomic E-state index is 0.163. The first-order valence-electron chi connectivity index (χ1n) is 4.21. The van der Waals surface area contributed by atoms with Gasteiger partial charge >= 0.3 is 0 Å². The lowest BCUT2D eigenvalue weighted by molar-refractivity contribution is 1.24. The molecule has 0 unspecified atom stereocenters. The van der Waals surface area contributed by atoms with Gasteiger partial charge in [-0.2, -0.15) is 0 Å². The maximum absolute atomic E-state index is 11.5. The summed E-state index contributed by atoms with van der Waals surface area (Å²) in [5.74, 6) is 0. The minimum Gasteiger partial charge on any atom is -0.328 e. The van der Waals surface area contributed by atoms with Crippen molar-refractivity contribution in [1.82, 2.24) is 4.98 Å². The van der Waals surface area contributed by atoms with Gasteiger partial charge in [-0.1, -0.05) is 41.9 Å². The van der Waals surface area contributed by atoms with E-state index in [0.29, 0.717) is 10.6 Å². The molecule has 0 radical (unpaired) electrons. The largest absolute Gasteiger partial charge is 0.328 e. The molecule has 70 valence electrons. The summed E-state index contributed by atoms with van der Waals surface area (Å²) in [7, 11) is 0. The summed E-state index contributed by atoms with van der Waals surface area (Å²) in [6.07, 6.45) is 1.54. The lowest BCUT2D eigenvalue weighted by Crippen LogP contribution is -2.07. The van der Waals surface area contributed by atoms with Crippen molar-refractivity contribution < 1.29 is 0 Å². The van der Waals surface area contributed by atoms with Crippen molar-refractivity contribution in [3.63, 3.8) is 0 Å². The van der Waals surface area contributed by atoms with E-state index >= 15 is 0 Å². The van der Waals surface area contributed by atoms with Crippen LogP contribution in [0, 0.1) is 0 Å². The normalized spacial score (nSPS) is 10.1. The summed E-state index contributed by atoms with van der Waals surface area (Å²) < 4.78 is 0. The summed E-state index contributed by atoms with van der Waals surface area (Å²) in [5.41, 5.74) is 1.19. The molecule has 1 N–H and O–H groups in total. The molecule has 0 aliphatic rings. The van der Waals surface area contributed by atoms with Gasteiger partial charge in [0.25, 0.3) is 5.56 Å². The summed E-state index contributed by atoms with van der Waals surface area (Å²) in [4.78, 5) is 14.1. The second-order valence-corrected chi connectivity index (χ2v) is 3.30. The maximum atomic E-state index is 11.5.